The van der Waals surface area contributed by atoms with E-state index in [1.54, 1.807) is 12.1 Å². The van der Waals surface area contributed by atoms with Crippen LogP contribution in [0.5, 0.6) is 0 Å². The smallest absolute Gasteiger partial charge is 0.306 e. The van der Waals surface area contributed by atoms with Crippen molar-refractivity contribution in [1.29, 1.82) is 0 Å². The predicted molar refractivity (Wildman–Crippen MR) is 103 cm³/mol. The van der Waals surface area contributed by atoms with Gasteiger partial charge < -0.3 is 14.1 Å². The van der Waals surface area contributed by atoms with E-state index in [9.17, 15) is 9.59 Å². The first-order chi connectivity index (χ1) is 13.2. The second-order valence-corrected chi connectivity index (χ2v) is 6.45. The van der Waals surface area contributed by atoms with Crippen LogP contribution in [0.25, 0.3) is 21.9 Å². The molecule has 0 unspecified atom stereocenters. The predicted octanol–water partition coefficient (Wildman–Crippen LogP) is 4.66. The number of Topliss-reactive ketones (excluding diaryl/α,β-unsaturated/α-hetero) is 1. The minimum absolute atomic E-state index is 0.211. The molecule has 0 amide bonds. The number of aromatic nitrogens is 1. The van der Waals surface area contributed by atoms with Gasteiger partial charge in [0.2, 0.25) is 5.78 Å². The lowest BCUT2D eigenvalue weighted by Gasteiger charge is -2.03. The van der Waals surface area contributed by atoms with Crippen LogP contribution in [0.3, 0.4) is 0 Å². The van der Waals surface area contributed by atoms with E-state index in [-0.39, 0.29) is 30.5 Å². The molecule has 0 aliphatic heterocycles. The van der Waals surface area contributed by atoms with Gasteiger partial charge in [0.15, 0.2) is 12.4 Å². The highest BCUT2D eigenvalue weighted by Gasteiger charge is 2.15. The number of H-pyrrole nitrogens is 1. The fourth-order valence-corrected chi connectivity index (χ4v) is 3.17. The van der Waals surface area contributed by atoms with E-state index in [2.05, 4.69) is 11.1 Å². The molecule has 0 bridgehead atoms. The Labute approximate surface area is 155 Å². The molecule has 2 aromatic heterocycles. The molecule has 5 nitrogen and oxygen atoms in total. The number of fused-ring (bicyclic) bond motifs is 2. The molecule has 1 N–H and O–H groups in total. The second-order valence-electron chi connectivity index (χ2n) is 6.45. The van der Waals surface area contributed by atoms with E-state index in [4.69, 9.17) is 9.15 Å². The minimum atomic E-state index is -0.376. The van der Waals surface area contributed by atoms with Gasteiger partial charge in [-0.25, -0.2) is 0 Å². The van der Waals surface area contributed by atoms with Gasteiger partial charge in [0, 0.05) is 28.9 Å². The molecular formula is C22H19NO4. The number of furan rings is 1. The topological polar surface area (TPSA) is 72.3 Å². The number of carbonyl (C=O) groups is 2. The maximum absolute atomic E-state index is 12.2. The number of para-hydroxylation sites is 2. The zero-order valence-corrected chi connectivity index (χ0v) is 14.7. The zero-order valence-electron chi connectivity index (χ0n) is 14.7. The largest absolute Gasteiger partial charge is 0.457 e. The minimum Gasteiger partial charge on any atom is -0.457 e. The summed E-state index contributed by atoms with van der Waals surface area (Å²) in [7, 11) is 0. The molecule has 0 saturated carbocycles. The highest BCUT2D eigenvalue weighted by molar-refractivity contribution is 5.99. The fraction of sp³-hybridized carbons (Fsp3) is 0.182. The molecule has 0 radical (unpaired) electrons. The van der Waals surface area contributed by atoms with Gasteiger partial charge in [-0.1, -0.05) is 36.4 Å². The number of ketones is 1. The van der Waals surface area contributed by atoms with Crippen LogP contribution in [-0.4, -0.2) is 23.3 Å². The molecular weight excluding hydrogens is 342 g/mol. The van der Waals surface area contributed by atoms with Crippen molar-refractivity contribution in [3.8, 4) is 0 Å². The van der Waals surface area contributed by atoms with Crippen molar-refractivity contribution in [3.05, 3.63) is 72.1 Å². The summed E-state index contributed by atoms with van der Waals surface area (Å²) in [5.41, 5.74) is 2.91. The van der Waals surface area contributed by atoms with E-state index >= 15 is 0 Å². The number of aryl methyl sites for hydroxylation is 1. The van der Waals surface area contributed by atoms with Gasteiger partial charge in [0.1, 0.15) is 5.58 Å². The molecule has 0 fully saturated rings. The first kappa shape index (κ1) is 17.1. The summed E-state index contributed by atoms with van der Waals surface area (Å²) in [5, 5.41) is 2.02. The molecule has 0 saturated heterocycles. The highest BCUT2D eigenvalue weighted by Crippen LogP contribution is 2.20. The zero-order chi connectivity index (χ0) is 18.6. The SMILES string of the molecule is O=C(CCCc1c[nH]c2ccccc12)OCC(=O)c1cc2ccccc2o1. The van der Waals surface area contributed by atoms with Crippen molar-refractivity contribution >= 4 is 33.6 Å². The van der Waals surface area contributed by atoms with Crippen LogP contribution < -0.4 is 0 Å². The van der Waals surface area contributed by atoms with Crippen molar-refractivity contribution in [2.24, 2.45) is 0 Å². The lowest BCUT2D eigenvalue weighted by molar-refractivity contribution is -0.142. The third-order valence-electron chi connectivity index (χ3n) is 4.57. The van der Waals surface area contributed by atoms with Crippen LogP contribution in [0, 0.1) is 0 Å². The summed E-state index contributed by atoms with van der Waals surface area (Å²) in [6.07, 6.45) is 3.68. The lowest BCUT2D eigenvalue weighted by atomic mass is 10.1. The van der Waals surface area contributed by atoms with Gasteiger partial charge >= 0.3 is 5.97 Å². The van der Waals surface area contributed by atoms with Crippen molar-refractivity contribution in [1.82, 2.24) is 4.98 Å². The second kappa shape index (κ2) is 7.50. The standard InChI is InChI=1S/C22H19NO4/c24-19(21-12-15-6-1-4-10-20(15)27-21)14-26-22(25)11-5-7-16-13-23-18-9-3-2-8-17(16)18/h1-4,6,8-10,12-13,23H,5,7,11,14H2. The molecule has 136 valence electrons. The normalized spacial score (nSPS) is 11.1. The number of carbonyl (C=O) groups excluding carboxylic acids is 2. The van der Waals surface area contributed by atoms with Crippen LogP contribution in [0.2, 0.25) is 0 Å². The van der Waals surface area contributed by atoms with Crippen LogP contribution in [0.15, 0.2) is 65.2 Å². The van der Waals surface area contributed by atoms with Crippen LogP contribution in [0.4, 0.5) is 0 Å². The van der Waals surface area contributed by atoms with E-state index in [0.29, 0.717) is 12.0 Å². The maximum atomic E-state index is 12.2. The monoisotopic (exact) mass is 361 g/mol. The van der Waals surface area contributed by atoms with Crippen LogP contribution in [0.1, 0.15) is 29.0 Å². The van der Waals surface area contributed by atoms with E-state index in [0.717, 1.165) is 17.3 Å². The van der Waals surface area contributed by atoms with Crippen LogP contribution >= 0.6 is 0 Å². The molecule has 0 spiro atoms. The Morgan fingerprint density at radius 3 is 2.74 bits per heavy atom. The van der Waals surface area contributed by atoms with E-state index in [1.165, 1.54) is 10.9 Å². The molecule has 0 atom stereocenters. The molecule has 4 aromatic rings. The summed E-state index contributed by atoms with van der Waals surface area (Å²) in [5.74, 6) is -0.502. The molecule has 5 heteroatoms. The number of esters is 1. The Hall–Kier alpha value is -3.34. The summed E-state index contributed by atoms with van der Waals surface area (Å²) in [4.78, 5) is 27.3. The van der Waals surface area contributed by atoms with Crippen LogP contribution in [-0.2, 0) is 16.0 Å². The van der Waals surface area contributed by atoms with E-state index in [1.807, 2.05) is 42.6 Å². The molecule has 0 aliphatic rings. The summed E-state index contributed by atoms with van der Waals surface area (Å²) in [6.45, 7) is -0.300. The number of nitrogens with one attached hydrogen (secondary N) is 1. The number of ether oxygens (including phenoxy) is 1. The first-order valence-electron chi connectivity index (χ1n) is 8.93. The maximum Gasteiger partial charge on any atom is 0.306 e. The Morgan fingerprint density at radius 1 is 1.04 bits per heavy atom. The van der Waals surface area contributed by atoms with E-state index < -0.39 is 0 Å². The molecule has 4 rings (SSSR count). The molecule has 2 heterocycles. The molecule has 27 heavy (non-hydrogen) atoms. The number of hydrogen-bond donors (Lipinski definition) is 1. The molecule has 2 aromatic carbocycles. The van der Waals surface area contributed by atoms with Gasteiger partial charge in [-0.2, -0.15) is 0 Å². The highest BCUT2D eigenvalue weighted by atomic mass is 16.5. The summed E-state index contributed by atoms with van der Waals surface area (Å²) in [6, 6.07) is 17.1. The van der Waals surface area contributed by atoms with Crippen molar-refractivity contribution in [2.45, 2.75) is 19.3 Å². The van der Waals surface area contributed by atoms with Gasteiger partial charge in [0.05, 0.1) is 0 Å². The average Bonchev–Trinajstić information content (AvgIpc) is 3.30. The molecule has 0 aliphatic carbocycles. The van der Waals surface area contributed by atoms with Crippen molar-refractivity contribution in [3.63, 3.8) is 0 Å². The number of benzene rings is 2. The number of aromatic amines is 1. The van der Waals surface area contributed by atoms with Crippen molar-refractivity contribution < 1.29 is 18.7 Å². The summed E-state index contributed by atoms with van der Waals surface area (Å²) < 4.78 is 10.6. The Balaban J connectivity index is 1.26. The number of hydrogen-bond acceptors (Lipinski definition) is 4. The Bertz CT molecular complexity index is 1070. The van der Waals surface area contributed by atoms with Gasteiger partial charge in [-0.05, 0) is 36.6 Å². The fourth-order valence-electron chi connectivity index (χ4n) is 3.17. The van der Waals surface area contributed by atoms with Gasteiger partial charge in [-0.3, -0.25) is 9.59 Å². The quantitative estimate of drug-likeness (QED) is 0.384. The van der Waals surface area contributed by atoms with Gasteiger partial charge in [0.25, 0.3) is 0 Å². The third kappa shape index (κ3) is 3.77. The third-order valence-corrected chi connectivity index (χ3v) is 4.57. The van der Waals surface area contributed by atoms with Crippen molar-refractivity contribution in [2.75, 3.05) is 6.61 Å². The summed E-state index contributed by atoms with van der Waals surface area (Å²) >= 11 is 0. The Morgan fingerprint density at radius 2 is 1.85 bits per heavy atom. The first-order valence-corrected chi connectivity index (χ1v) is 8.93. The Kier molecular flexibility index (Phi) is 4.75. The lowest BCUT2D eigenvalue weighted by Crippen LogP contribution is -2.13. The van der Waals surface area contributed by atoms with Gasteiger partial charge in [-0.15, -0.1) is 0 Å². The average molecular weight is 361 g/mol. The number of rotatable bonds is 7.